The van der Waals surface area contributed by atoms with Gasteiger partial charge in [0.05, 0.1) is 6.61 Å². The van der Waals surface area contributed by atoms with E-state index in [-0.39, 0.29) is 24.6 Å². The van der Waals surface area contributed by atoms with Crippen molar-refractivity contribution < 1.29 is 19.1 Å². The summed E-state index contributed by atoms with van der Waals surface area (Å²) in [6.07, 6.45) is 1.04. The number of alkyl halides is 1. The molecular formula is C17H19ClN2O4. The maximum atomic E-state index is 12.3. The van der Waals surface area contributed by atoms with Gasteiger partial charge in [0.2, 0.25) is 0 Å². The summed E-state index contributed by atoms with van der Waals surface area (Å²) >= 11 is 5.72. The third-order valence-corrected chi connectivity index (χ3v) is 3.58. The molecule has 0 spiro atoms. The number of ether oxygens (including phenoxy) is 2. The van der Waals surface area contributed by atoms with Gasteiger partial charge in [-0.05, 0) is 25.3 Å². The first-order chi connectivity index (χ1) is 11.7. The maximum absolute atomic E-state index is 12.3. The lowest BCUT2D eigenvalue weighted by Gasteiger charge is -2.06. The molecular weight excluding hydrogens is 332 g/mol. The van der Waals surface area contributed by atoms with E-state index < -0.39 is 11.9 Å². The average molecular weight is 351 g/mol. The summed E-state index contributed by atoms with van der Waals surface area (Å²) in [4.78, 5) is 24.3. The summed E-state index contributed by atoms with van der Waals surface area (Å²) < 4.78 is 10.3. The van der Waals surface area contributed by atoms with E-state index in [9.17, 15) is 9.59 Å². The molecule has 1 heterocycles. The van der Waals surface area contributed by atoms with Gasteiger partial charge >= 0.3 is 11.9 Å². The van der Waals surface area contributed by atoms with Crippen LogP contribution in [-0.4, -0.2) is 34.6 Å². The smallest absolute Gasteiger partial charge is 0.359 e. The van der Waals surface area contributed by atoms with E-state index >= 15 is 0 Å². The monoisotopic (exact) mass is 350 g/mol. The van der Waals surface area contributed by atoms with E-state index in [1.54, 1.807) is 6.92 Å². The zero-order valence-electron chi connectivity index (χ0n) is 13.4. The van der Waals surface area contributed by atoms with Gasteiger partial charge in [-0.15, -0.1) is 11.6 Å². The van der Waals surface area contributed by atoms with Crippen LogP contribution in [0.2, 0.25) is 0 Å². The van der Waals surface area contributed by atoms with Gasteiger partial charge in [0.15, 0.2) is 5.69 Å². The minimum atomic E-state index is -0.569. The number of aromatic amines is 1. The van der Waals surface area contributed by atoms with Crippen LogP contribution in [0.1, 0.15) is 45.4 Å². The Hall–Kier alpha value is -2.34. The topological polar surface area (TPSA) is 81.3 Å². The van der Waals surface area contributed by atoms with Crippen LogP contribution in [0.4, 0.5) is 0 Å². The lowest BCUT2D eigenvalue weighted by atomic mass is 10.1. The fraction of sp³-hybridized carbons (Fsp3) is 0.353. The van der Waals surface area contributed by atoms with Crippen LogP contribution < -0.4 is 0 Å². The van der Waals surface area contributed by atoms with Crippen molar-refractivity contribution in [2.75, 3.05) is 12.5 Å². The van der Waals surface area contributed by atoms with E-state index in [0.29, 0.717) is 24.3 Å². The second kappa shape index (κ2) is 9.08. The highest BCUT2D eigenvalue weighted by atomic mass is 35.5. The Labute approximate surface area is 145 Å². The zero-order valence-corrected chi connectivity index (χ0v) is 14.1. The quantitative estimate of drug-likeness (QED) is 0.584. The lowest BCUT2D eigenvalue weighted by molar-refractivity contribution is 0.0464. The largest absolute Gasteiger partial charge is 0.461 e. The van der Waals surface area contributed by atoms with Crippen molar-refractivity contribution in [3.63, 3.8) is 0 Å². The van der Waals surface area contributed by atoms with Gasteiger partial charge in [-0.25, -0.2) is 9.59 Å². The molecule has 128 valence electrons. The third-order valence-electron chi connectivity index (χ3n) is 3.31. The molecule has 0 atom stereocenters. The number of esters is 2. The van der Waals surface area contributed by atoms with Crippen LogP contribution >= 0.6 is 11.6 Å². The third kappa shape index (κ3) is 4.58. The first kappa shape index (κ1) is 18.0. The summed E-state index contributed by atoms with van der Waals surface area (Å²) in [5.74, 6) is -0.724. The Kier molecular flexibility index (Phi) is 6.81. The van der Waals surface area contributed by atoms with Gasteiger partial charge in [-0.2, -0.15) is 5.10 Å². The second-order valence-electron chi connectivity index (χ2n) is 5.00. The van der Waals surface area contributed by atoms with Gasteiger partial charge in [0, 0.05) is 11.4 Å². The Balaban J connectivity index is 2.15. The van der Waals surface area contributed by atoms with E-state index in [0.717, 1.165) is 5.56 Å². The van der Waals surface area contributed by atoms with Crippen LogP contribution in [0.5, 0.6) is 0 Å². The zero-order chi connectivity index (χ0) is 17.4. The van der Waals surface area contributed by atoms with Crippen molar-refractivity contribution in [1.82, 2.24) is 10.2 Å². The highest BCUT2D eigenvalue weighted by Gasteiger charge is 2.25. The first-order valence-electron chi connectivity index (χ1n) is 7.68. The molecule has 0 aliphatic heterocycles. The van der Waals surface area contributed by atoms with Crippen LogP contribution in [0.3, 0.4) is 0 Å². The second-order valence-corrected chi connectivity index (χ2v) is 5.38. The van der Waals surface area contributed by atoms with E-state index in [2.05, 4.69) is 10.2 Å². The number of nitrogens with one attached hydrogen (secondary N) is 1. The van der Waals surface area contributed by atoms with E-state index in [1.807, 2.05) is 30.3 Å². The van der Waals surface area contributed by atoms with Crippen molar-refractivity contribution in [2.24, 2.45) is 0 Å². The predicted molar refractivity (Wildman–Crippen MR) is 89.1 cm³/mol. The number of nitrogens with zero attached hydrogens (tertiary/aromatic N) is 1. The van der Waals surface area contributed by atoms with Crippen LogP contribution in [0.25, 0.3) is 0 Å². The number of aromatic nitrogens is 2. The molecule has 1 aromatic heterocycles. The number of carbonyl (C=O) groups is 2. The number of halogens is 1. The van der Waals surface area contributed by atoms with Gasteiger partial charge in [0.25, 0.3) is 0 Å². The summed E-state index contributed by atoms with van der Waals surface area (Å²) in [6.45, 7) is 2.08. The molecule has 0 saturated heterocycles. The molecule has 6 nitrogen and oxygen atoms in total. The molecule has 0 radical (unpaired) electrons. The molecule has 2 rings (SSSR count). The number of hydrogen-bond acceptors (Lipinski definition) is 5. The molecule has 0 saturated carbocycles. The molecule has 0 aliphatic rings. The summed E-state index contributed by atoms with van der Waals surface area (Å²) in [5.41, 5.74) is 1.62. The maximum Gasteiger partial charge on any atom is 0.359 e. The SMILES string of the molecule is CCOC(=O)c1n[nH]c(C(=O)OCc2ccccc2)c1CCCCl. The molecule has 1 aromatic carbocycles. The summed E-state index contributed by atoms with van der Waals surface area (Å²) in [7, 11) is 0. The van der Waals surface area contributed by atoms with Crippen LogP contribution in [0, 0.1) is 0 Å². The minimum Gasteiger partial charge on any atom is -0.461 e. The highest BCUT2D eigenvalue weighted by molar-refractivity contribution is 6.17. The van der Waals surface area contributed by atoms with E-state index in [1.165, 1.54) is 0 Å². The molecule has 24 heavy (non-hydrogen) atoms. The summed E-state index contributed by atoms with van der Waals surface area (Å²) in [6, 6.07) is 9.34. The standard InChI is InChI=1S/C17H19ClN2O4/c1-2-23-16(21)14-13(9-6-10-18)15(20-19-14)17(22)24-11-12-7-4-3-5-8-12/h3-5,7-8H,2,6,9-11H2,1H3,(H,19,20). The van der Waals surface area contributed by atoms with Gasteiger partial charge in [-0.3, -0.25) is 5.10 Å². The predicted octanol–water partition coefficient (Wildman–Crippen LogP) is 3.11. The first-order valence-corrected chi connectivity index (χ1v) is 8.22. The van der Waals surface area contributed by atoms with Crippen molar-refractivity contribution >= 4 is 23.5 Å². The van der Waals surface area contributed by atoms with Crippen molar-refractivity contribution in [1.29, 1.82) is 0 Å². The summed E-state index contributed by atoms with van der Waals surface area (Å²) in [5, 5.41) is 6.51. The Morgan fingerprint density at radius 3 is 2.58 bits per heavy atom. The minimum absolute atomic E-state index is 0.105. The number of carbonyl (C=O) groups excluding carboxylic acids is 2. The van der Waals surface area contributed by atoms with Crippen LogP contribution in [-0.2, 0) is 22.5 Å². The van der Waals surface area contributed by atoms with Gasteiger partial charge in [-0.1, -0.05) is 30.3 Å². The number of H-pyrrole nitrogens is 1. The Morgan fingerprint density at radius 1 is 1.17 bits per heavy atom. The number of rotatable bonds is 8. The fourth-order valence-electron chi connectivity index (χ4n) is 2.18. The molecule has 1 N–H and O–H groups in total. The average Bonchev–Trinajstić information content (AvgIpc) is 3.03. The fourth-order valence-corrected chi connectivity index (χ4v) is 2.32. The molecule has 0 bridgehead atoms. The van der Waals surface area contributed by atoms with Gasteiger partial charge in [0.1, 0.15) is 12.3 Å². The molecule has 7 heteroatoms. The van der Waals surface area contributed by atoms with Gasteiger partial charge < -0.3 is 9.47 Å². The Bertz CT molecular complexity index is 685. The molecule has 0 fully saturated rings. The Morgan fingerprint density at radius 2 is 1.92 bits per heavy atom. The van der Waals surface area contributed by atoms with Crippen molar-refractivity contribution in [3.8, 4) is 0 Å². The van der Waals surface area contributed by atoms with E-state index in [4.69, 9.17) is 21.1 Å². The molecule has 2 aromatic rings. The van der Waals surface area contributed by atoms with Crippen molar-refractivity contribution in [2.45, 2.75) is 26.4 Å². The highest BCUT2D eigenvalue weighted by Crippen LogP contribution is 2.17. The molecule has 0 aliphatic carbocycles. The normalized spacial score (nSPS) is 10.4. The number of benzene rings is 1. The number of hydrogen-bond donors (Lipinski definition) is 1. The van der Waals surface area contributed by atoms with Crippen molar-refractivity contribution in [3.05, 3.63) is 52.8 Å². The molecule has 0 unspecified atom stereocenters. The molecule has 0 amide bonds. The van der Waals surface area contributed by atoms with Crippen LogP contribution in [0.15, 0.2) is 30.3 Å². The lowest BCUT2D eigenvalue weighted by Crippen LogP contribution is -2.12.